The number of hydrogen-bond donors (Lipinski definition) is 0. The number of anilines is 1. The first kappa shape index (κ1) is 13.5. The molecule has 108 valence electrons. The van der Waals surface area contributed by atoms with Crippen LogP contribution in [-0.4, -0.2) is 29.8 Å². The molecule has 21 heavy (non-hydrogen) atoms. The molecule has 0 bridgehead atoms. The minimum atomic E-state index is -0.285. The number of benzene rings is 1. The van der Waals surface area contributed by atoms with Crippen molar-refractivity contribution in [1.82, 2.24) is 10.2 Å². The zero-order valence-electron chi connectivity index (χ0n) is 11.5. The Labute approximate surface area is 121 Å². The lowest BCUT2D eigenvalue weighted by Crippen LogP contribution is -2.36. The molecule has 0 N–H and O–H groups in total. The van der Waals surface area contributed by atoms with E-state index in [2.05, 4.69) is 10.2 Å². The van der Waals surface area contributed by atoms with Gasteiger partial charge in [-0.2, -0.15) is 0 Å². The smallest absolute Gasteiger partial charge is 0.278 e. The first-order chi connectivity index (χ1) is 10.2. The summed E-state index contributed by atoms with van der Waals surface area (Å²) in [6, 6.07) is 7.65. The van der Waals surface area contributed by atoms with E-state index in [1.54, 1.807) is 23.1 Å². The number of aryl methyl sites for hydroxylation is 1. The van der Waals surface area contributed by atoms with E-state index in [1.807, 2.05) is 0 Å². The molecule has 0 aliphatic carbocycles. The van der Waals surface area contributed by atoms with E-state index >= 15 is 0 Å². The van der Waals surface area contributed by atoms with Crippen molar-refractivity contribution in [2.45, 2.75) is 12.8 Å². The first-order valence-electron chi connectivity index (χ1n) is 6.67. The van der Waals surface area contributed by atoms with Crippen molar-refractivity contribution in [1.29, 1.82) is 0 Å². The highest BCUT2D eigenvalue weighted by Crippen LogP contribution is 2.28. The summed E-state index contributed by atoms with van der Waals surface area (Å²) in [5.41, 5.74) is 1.83. The van der Waals surface area contributed by atoms with Crippen LogP contribution in [-0.2, 0) is 6.42 Å². The van der Waals surface area contributed by atoms with Crippen molar-refractivity contribution in [3.8, 4) is 5.88 Å². The predicted molar refractivity (Wildman–Crippen MR) is 75.0 cm³/mol. The maximum atomic E-state index is 13.3. The number of rotatable bonds is 2. The molecule has 0 unspecified atom stereocenters. The number of fused-ring (bicyclic) bond motifs is 1. The number of ether oxygens (including phenoxy) is 1. The fourth-order valence-electron chi connectivity index (χ4n) is 2.46. The van der Waals surface area contributed by atoms with Gasteiger partial charge in [0.1, 0.15) is 5.82 Å². The lowest BCUT2D eigenvalue weighted by Gasteiger charge is -2.29. The topological polar surface area (TPSA) is 55.3 Å². The van der Waals surface area contributed by atoms with Gasteiger partial charge >= 0.3 is 0 Å². The summed E-state index contributed by atoms with van der Waals surface area (Å²) in [7, 11) is 1.49. The largest absolute Gasteiger partial charge is 0.480 e. The Morgan fingerprint density at radius 2 is 2.14 bits per heavy atom. The Kier molecular flexibility index (Phi) is 3.51. The molecule has 1 aromatic carbocycles. The zero-order chi connectivity index (χ0) is 14.8. The van der Waals surface area contributed by atoms with Gasteiger partial charge in [-0.1, -0.05) is 0 Å². The van der Waals surface area contributed by atoms with Gasteiger partial charge in [0.25, 0.3) is 5.91 Å². The van der Waals surface area contributed by atoms with Crippen LogP contribution in [0.15, 0.2) is 30.3 Å². The van der Waals surface area contributed by atoms with Crippen molar-refractivity contribution in [3.63, 3.8) is 0 Å². The molecular formula is C15H14FN3O2. The van der Waals surface area contributed by atoms with Gasteiger partial charge in [0.15, 0.2) is 5.69 Å². The fraction of sp³-hybridized carbons (Fsp3) is 0.267. The number of nitrogens with zero attached hydrogens (tertiary/aromatic N) is 3. The molecule has 0 fully saturated rings. The van der Waals surface area contributed by atoms with Crippen molar-refractivity contribution in [2.24, 2.45) is 0 Å². The number of halogens is 1. The van der Waals surface area contributed by atoms with Gasteiger partial charge in [-0.25, -0.2) is 4.39 Å². The second-order valence-corrected chi connectivity index (χ2v) is 4.79. The number of methoxy groups -OCH3 is 1. The van der Waals surface area contributed by atoms with E-state index in [4.69, 9.17) is 4.74 Å². The van der Waals surface area contributed by atoms with Gasteiger partial charge in [0.05, 0.1) is 7.11 Å². The molecule has 6 heteroatoms. The third kappa shape index (κ3) is 2.56. The van der Waals surface area contributed by atoms with Crippen molar-refractivity contribution in [2.75, 3.05) is 18.6 Å². The molecular weight excluding hydrogens is 273 g/mol. The highest BCUT2D eigenvalue weighted by molar-refractivity contribution is 6.05. The molecule has 2 heterocycles. The maximum Gasteiger partial charge on any atom is 0.278 e. The molecule has 3 rings (SSSR count). The predicted octanol–water partition coefficient (Wildman–Crippen LogP) is 2.22. The molecule has 0 atom stereocenters. The van der Waals surface area contributed by atoms with Crippen LogP contribution in [0.1, 0.15) is 22.5 Å². The molecule has 0 saturated heterocycles. The minimum absolute atomic E-state index is 0.238. The van der Waals surface area contributed by atoms with E-state index in [9.17, 15) is 9.18 Å². The average Bonchev–Trinajstić information content (AvgIpc) is 2.53. The molecule has 1 aromatic heterocycles. The summed E-state index contributed by atoms with van der Waals surface area (Å²) >= 11 is 0. The molecule has 5 nitrogen and oxygen atoms in total. The summed E-state index contributed by atoms with van der Waals surface area (Å²) in [6.45, 7) is 0.588. The normalized spacial score (nSPS) is 13.7. The molecule has 1 amide bonds. The van der Waals surface area contributed by atoms with Crippen LogP contribution in [0.25, 0.3) is 0 Å². The SMILES string of the molecule is COc1ccc(C(=O)N2CCCc3cc(F)ccc32)nn1. The third-order valence-electron chi connectivity index (χ3n) is 3.47. The van der Waals surface area contributed by atoms with Gasteiger partial charge in [0, 0.05) is 18.3 Å². The summed E-state index contributed by atoms with van der Waals surface area (Å²) in [6.07, 6.45) is 1.57. The quantitative estimate of drug-likeness (QED) is 0.850. The van der Waals surface area contributed by atoms with Crippen molar-refractivity contribution < 1.29 is 13.9 Å². The van der Waals surface area contributed by atoms with Gasteiger partial charge in [-0.3, -0.25) is 4.79 Å². The van der Waals surface area contributed by atoms with Crippen LogP contribution >= 0.6 is 0 Å². The molecule has 2 aromatic rings. The molecule has 1 aliphatic rings. The third-order valence-corrected chi connectivity index (χ3v) is 3.47. The lowest BCUT2D eigenvalue weighted by atomic mass is 10.0. The fourth-order valence-corrected chi connectivity index (χ4v) is 2.46. The van der Waals surface area contributed by atoms with E-state index < -0.39 is 0 Å². The number of carbonyl (C=O) groups is 1. The molecule has 0 saturated carbocycles. The number of hydrogen-bond acceptors (Lipinski definition) is 4. The van der Waals surface area contributed by atoms with Crippen LogP contribution in [0.3, 0.4) is 0 Å². The Bertz CT molecular complexity index is 673. The molecule has 0 spiro atoms. The summed E-state index contributed by atoms with van der Waals surface area (Å²) in [5, 5.41) is 7.68. The molecule has 0 radical (unpaired) electrons. The number of aromatic nitrogens is 2. The van der Waals surface area contributed by atoms with E-state index in [1.165, 1.54) is 19.2 Å². The standard InChI is InChI=1S/C15H14FN3O2/c1-21-14-7-5-12(17-18-14)15(20)19-8-2-3-10-9-11(16)4-6-13(10)19/h4-7,9H,2-3,8H2,1H3. The minimum Gasteiger partial charge on any atom is -0.480 e. The summed E-state index contributed by atoms with van der Waals surface area (Å²) < 4.78 is 18.2. The Morgan fingerprint density at radius 3 is 2.86 bits per heavy atom. The van der Waals surface area contributed by atoms with Gasteiger partial charge < -0.3 is 9.64 Å². The summed E-state index contributed by atoms with van der Waals surface area (Å²) in [4.78, 5) is 14.2. The van der Waals surface area contributed by atoms with Gasteiger partial charge in [0.2, 0.25) is 5.88 Å². The van der Waals surface area contributed by atoms with Crippen molar-refractivity contribution >= 4 is 11.6 Å². The van der Waals surface area contributed by atoms with E-state index in [-0.39, 0.29) is 17.4 Å². The second kappa shape index (κ2) is 5.47. The van der Waals surface area contributed by atoms with Gasteiger partial charge in [-0.15, -0.1) is 10.2 Å². The monoisotopic (exact) mass is 287 g/mol. The highest BCUT2D eigenvalue weighted by atomic mass is 19.1. The van der Waals surface area contributed by atoms with Crippen LogP contribution < -0.4 is 9.64 Å². The van der Waals surface area contributed by atoms with Crippen LogP contribution in [0.5, 0.6) is 5.88 Å². The van der Waals surface area contributed by atoms with Crippen LogP contribution in [0.4, 0.5) is 10.1 Å². The van der Waals surface area contributed by atoms with E-state index in [0.717, 1.165) is 24.1 Å². The van der Waals surface area contributed by atoms with Crippen LogP contribution in [0, 0.1) is 5.82 Å². The zero-order valence-corrected chi connectivity index (χ0v) is 11.5. The average molecular weight is 287 g/mol. The van der Waals surface area contributed by atoms with Crippen molar-refractivity contribution in [3.05, 3.63) is 47.4 Å². The first-order valence-corrected chi connectivity index (χ1v) is 6.67. The lowest BCUT2D eigenvalue weighted by molar-refractivity contribution is 0.0979. The highest BCUT2D eigenvalue weighted by Gasteiger charge is 2.25. The van der Waals surface area contributed by atoms with E-state index in [0.29, 0.717) is 12.4 Å². The maximum absolute atomic E-state index is 13.3. The summed E-state index contributed by atoms with van der Waals surface area (Å²) in [5.74, 6) is -0.169. The number of amides is 1. The number of carbonyl (C=O) groups excluding carboxylic acids is 1. The molecule has 1 aliphatic heterocycles. The Morgan fingerprint density at radius 1 is 1.29 bits per heavy atom. The van der Waals surface area contributed by atoms with Gasteiger partial charge in [-0.05, 0) is 42.7 Å². The van der Waals surface area contributed by atoms with Crippen LogP contribution in [0.2, 0.25) is 0 Å². The Balaban J connectivity index is 1.92. The second-order valence-electron chi connectivity index (χ2n) is 4.79. The Hall–Kier alpha value is -2.50.